The fraction of sp³-hybridized carbons (Fsp3) is 0.500. The third kappa shape index (κ3) is 2.12. The van der Waals surface area contributed by atoms with Crippen molar-refractivity contribution in [3.8, 4) is 0 Å². The van der Waals surface area contributed by atoms with Crippen LogP contribution in [0.25, 0.3) is 0 Å². The van der Waals surface area contributed by atoms with Crippen molar-refractivity contribution in [1.82, 2.24) is 10.1 Å². The van der Waals surface area contributed by atoms with E-state index in [9.17, 15) is 0 Å². The lowest BCUT2D eigenvalue weighted by Crippen LogP contribution is -2.35. The Morgan fingerprint density at radius 2 is 2.41 bits per heavy atom. The van der Waals surface area contributed by atoms with E-state index in [1.165, 1.54) is 4.88 Å². The molecule has 17 heavy (non-hydrogen) atoms. The van der Waals surface area contributed by atoms with Gasteiger partial charge in [-0.1, -0.05) is 11.2 Å². The summed E-state index contributed by atoms with van der Waals surface area (Å²) in [5.41, 5.74) is 5.78. The SMILES string of the molecule is CC(N)(c1nc(Cc2cccs2)no1)C1CC1. The quantitative estimate of drug-likeness (QED) is 0.903. The Bertz CT molecular complexity index is 500. The van der Waals surface area contributed by atoms with Crippen LogP contribution in [0.2, 0.25) is 0 Å². The third-order valence-electron chi connectivity index (χ3n) is 3.27. The second-order valence-electron chi connectivity index (χ2n) is 4.83. The molecule has 1 saturated carbocycles. The molecule has 2 N–H and O–H groups in total. The predicted octanol–water partition coefficient (Wildman–Crippen LogP) is 2.31. The Balaban J connectivity index is 1.78. The molecular formula is C12H15N3OS. The van der Waals surface area contributed by atoms with Crippen molar-refractivity contribution < 1.29 is 4.52 Å². The minimum absolute atomic E-state index is 0.458. The van der Waals surface area contributed by atoms with E-state index in [1.807, 2.05) is 18.4 Å². The smallest absolute Gasteiger partial charge is 0.246 e. The molecule has 1 aliphatic rings. The van der Waals surface area contributed by atoms with E-state index in [-0.39, 0.29) is 0 Å². The second kappa shape index (κ2) is 3.92. The van der Waals surface area contributed by atoms with Gasteiger partial charge in [0.05, 0.1) is 5.54 Å². The summed E-state index contributed by atoms with van der Waals surface area (Å²) >= 11 is 1.70. The van der Waals surface area contributed by atoms with E-state index >= 15 is 0 Å². The molecule has 1 fully saturated rings. The van der Waals surface area contributed by atoms with E-state index in [0.29, 0.717) is 11.8 Å². The zero-order chi connectivity index (χ0) is 11.9. The van der Waals surface area contributed by atoms with Crippen molar-refractivity contribution >= 4 is 11.3 Å². The summed E-state index contributed by atoms with van der Waals surface area (Å²) in [6, 6.07) is 4.10. The summed E-state index contributed by atoms with van der Waals surface area (Å²) in [5, 5.41) is 6.06. The van der Waals surface area contributed by atoms with E-state index in [1.54, 1.807) is 11.3 Å². The summed E-state index contributed by atoms with van der Waals surface area (Å²) in [6.45, 7) is 1.98. The standard InChI is InChI=1S/C12H15N3OS/c1-12(13,8-4-5-8)11-14-10(15-16-11)7-9-3-2-6-17-9/h2-3,6,8H,4-5,7,13H2,1H3. The molecule has 0 bridgehead atoms. The minimum Gasteiger partial charge on any atom is -0.337 e. The molecule has 4 nitrogen and oxygen atoms in total. The van der Waals surface area contributed by atoms with Crippen molar-refractivity contribution in [3.63, 3.8) is 0 Å². The van der Waals surface area contributed by atoms with Crippen molar-refractivity contribution in [2.75, 3.05) is 0 Å². The monoisotopic (exact) mass is 249 g/mol. The Labute approximate surface area is 104 Å². The topological polar surface area (TPSA) is 64.9 Å². The van der Waals surface area contributed by atoms with Gasteiger partial charge in [0.1, 0.15) is 0 Å². The molecule has 0 saturated heterocycles. The van der Waals surface area contributed by atoms with Gasteiger partial charge in [-0.25, -0.2) is 0 Å². The van der Waals surface area contributed by atoms with Crippen LogP contribution >= 0.6 is 11.3 Å². The number of nitrogens with two attached hydrogens (primary N) is 1. The maximum atomic E-state index is 6.24. The van der Waals surface area contributed by atoms with Gasteiger partial charge in [-0.05, 0) is 37.1 Å². The summed E-state index contributed by atoms with van der Waals surface area (Å²) in [7, 11) is 0. The van der Waals surface area contributed by atoms with E-state index in [2.05, 4.69) is 16.2 Å². The van der Waals surface area contributed by atoms with Crippen LogP contribution in [-0.2, 0) is 12.0 Å². The van der Waals surface area contributed by atoms with Gasteiger partial charge in [-0.3, -0.25) is 0 Å². The Hall–Kier alpha value is -1.20. The average Bonchev–Trinajstić information content (AvgIpc) is 2.85. The van der Waals surface area contributed by atoms with Gasteiger partial charge >= 0.3 is 0 Å². The molecule has 0 radical (unpaired) electrons. The maximum Gasteiger partial charge on any atom is 0.246 e. The van der Waals surface area contributed by atoms with Crippen molar-refractivity contribution in [1.29, 1.82) is 0 Å². The fourth-order valence-corrected chi connectivity index (χ4v) is 2.67. The number of aromatic nitrogens is 2. The highest BCUT2D eigenvalue weighted by Crippen LogP contribution is 2.43. The van der Waals surface area contributed by atoms with E-state index in [4.69, 9.17) is 10.3 Å². The Morgan fingerprint density at radius 1 is 1.59 bits per heavy atom. The molecule has 0 amide bonds. The van der Waals surface area contributed by atoms with E-state index < -0.39 is 5.54 Å². The fourth-order valence-electron chi connectivity index (χ4n) is 1.97. The lowest BCUT2D eigenvalue weighted by atomic mass is 9.97. The van der Waals surface area contributed by atoms with Gasteiger partial charge in [0.2, 0.25) is 5.89 Å². The number of hydrogen-bond acceptors (Lipinski definition) is 5. The van der Waals surface area contributed by atoms with Crippen LogP contribution in [0.4, 0.5) is 0 Å². The van der Waals surface area contributed by atoms with Crippen LogP contribution < -0.4 is 5.73 Å². The molecule has 1 atom stereocenters. The van der Waals surface area contributed by atoms with Crippen LogP contribution in [0.5, 0.6) is 0 Å². The zero-order valence-corrected chi connectivity index (χ0v) is 10.5. The highest BCUT2D eigenvalue weighted by atomic mass is 32.1. The van der Waals surface area contributed by atoms with Crippen LogP contribution in [0.1, 0.15) is 36.4 Å². The molecule has 2 aromatic rings. The van der Waals surface area contributed by atoms with Crippen LogP contribution in [0.15, 0.2) is 22.0 Å². The highest BCUT2D eigenvalue weighted by Gasteiger charge is 2.43. The summed E-state index contributed by atoms with van der Waals surface area (Å²) in [5.74, 6) is 1.80. The van der Waals surface area contributed by atoms with Gasteiger partial charge < -0.3 is 10.3 Å². The van der Waals surface area contributed by atoms with Gasteiger partial charge in [-0.15, -0.1) is 11.3 Å². The predicted molar refractivity (Wildman–Crippen MR) is 65.7 cm³/mol. The first-order valence-electron chi connectivity index (χ1n) is 5.80. The largest absolute Gasteiger partial charge is 0.337 e. The van der Waals surface area contributed by atoms with Gasteiger partial charge in [0, 0.05) is 11.3 Å². The van der Waals surface area contributed by atoms with Gasteiger partial charge in [0.15, 0.2) is 5.82 Å². The van der Waals surface area contributed by atoms with Crippen molar-refractivity contribution in [2.24, 2.45) is 11.7 Å². The molecule has 0 spiro atoms. The first-order chi connectivity index (χ1) is 8.16. The molecule has 0 aromatic carbocycles. The molecule has 2 aromatic heterocycles. The highest BCUT2D eigenvalue weighted by molar-refractivity contribution is 7.09. The number of thiophene rings is 1. The molecule has 3 rings (SSSR count). The van der Waals surface area contributed by atoms with Gasteiger partial charge in [0.25, 0.3) is 0 Å². The lowest BCUT2D eigenvalue weighted by molar-refractivity contribution is 0.272. The molecule has 1 unspecified atom stereocenters. The van der Waals surface area contributed by atoms with Crippen molar-refractivity contribution in [2.45, 2.75) is 31.7 Å². The summed E-state index contributed by atoms with van der Waals surface area (Å²) in [6.07, 6.45) is 3.05. The Morgan fingerprint density at radius 3 is 3.06 bits per heavy atom. The van der Waals surface area contributed by atoms with E-state index in [0.717, 1.165) is 25.1 Å². The normalized spacial score (nSPS) is 19.2. The first-order valence-corrected chi connectivity index (χ1v) is 6.68. The molecule has 0 aliphatic heterocycles. The van der Waals surface area contributed by atoms with Crippen LogP contribution in [0.3, 0.4) is 0 Å². The molecule has 1 aliphatic carbocycles. The summed E-state index contributed by atoms with van der Waals surface area (Å²) in [4.78, 5) is 5.66. The molecular weight excluding hydrogens is 234 g/mol. The zero-order valence-electron chi connectivity index (χ0n) is 9.72. The van der Waals surface area contributed by atoms with Crippen molar-refractivity contribution in [3.05, 3.63) is 34.1 Å². The second-order valence-corrected chi connectivity index (χ2v) is 5.86. The molecule has 2 heterocycles. The number of hydrogen-bond donors (Lipinski definition) is 1. The molecule has 5 heteroatoms. The minimum atomic E-state index is -0.458. The maximum absolute atomic E-state index is 6.24. The lowest BCUT2D eigenvalue weighted by Gasteiger charge is -2.18. The molecule has 90 valence electrons. The Kier molecular flexibility index (Phi) is 2.52. The average molecular weight is 249 g/mol. The number of nitrogens with zero attached hydrogens (tertiary/aromatic N) is 2. The third-order valence-corrected chi connectivity index (χ3v) is 4.14. The van der Waals surface area contributed by atoms with Gasteiger partial charge in [-0.2, -0.15) is 4.98 Å². The first kappa shape index (κ1) is 10.9. The van der Waals surface area contributed by atoms with Crippen LogP contribution in [0, 0.1) is 5.92 Å². The summed E-state index contributed by atoms with van der Waals surface area (Å²) < 4.78 is 5.30. The van der Waals surface area contributed by atoms with Crippen LogP contribution in [-0.4, -0.2) is 10.1 Å². The number of rotatable bonds is 4.